The highest BCUT2D eigenvalue weighted by atomic mass is 16.5. The van der Waals surface area contributed by atoms with Crippen LogP contribution in [0.4, 0.5) is 5.69 Å². The SMILES string of the molecule is COc1ccc(CC(=O)Nc2ccc(Oc3cc(-n4ccnc4)ncn3)cc2)cc1. The van der Waals surface area contributed by atoms with Crippen molar-refractivity contribution < 1.29 is 14.3 Å². The maximum absolute atomic E-state index is 12.3. The molecule has 4 rings (SSSR count). The van der Waals surface area contributed by atoms with Gasteiger partial charge in [-0.25, -0.2) is 15.0 Å². The number of methoxy groups -OCH3 is 1. The second-order valence-electron chi connectivity index (χ2n) is 6.38. The third-order valence-electron chi connectivity index (χ3n) is 4.28. The Kier molecular flexibility index (Phi) is 5.66. The van der Waals surface area contributed by atoms with Crippen molar-refractivity contribution in [2.24, 2.45) is 0 Å². The fourth-order valence-electron chi connectivity index (χ4n) is 2.78. The van der Waals surface area contributed by atoms with Gasteiger partial charge in [0.1, 0.15) is 30.0 Å². The monoisotopic (exact) mass is 401 g/mol. The van der Waals surface area contributed by atoms with Crippen LogP contribution < -0.4 is 14.8 Å². The zero-order valence-corrected chi connectivity index (χ0v) is 16.2. The molecule has 0 bridgehead atoms. The van der Waals surface area contributed by atoms with E-state index >= 15 is 0 Å². The fourth-order valence-corrected chi connectivity index (χ4v) is 2.78. The summed E-state index contributed by atoms with van der Waals surface area (Å²) in [6.07, 6.45) is 6.81. The number of benzene rings is 2. The van der Waals surface area contributed by atoms with E-state index in [4.69, 9.17) is 9.47 Å². The minimum atomic E-state index is -0.102. The molecule has 2 aromatic heterocycles. The van der Waals surface area contributed by atoms with E-state index in [1.165, 1.54) is 6.33 Å². The summed E-state index contributed by atoms with van der Waals surface area (Å²) >= 11 is 0. The highest BCUT2D eigenvalue weighted by Gasteiger charge is 2.06. The topological polar surface area (TPSA) is 91.2 Å². The van der Waals surface area contributed by atoms with Crippen LogP contribution in [0.3, 0.4) is 0 Å². The molecule has 1 amide bonds. The van der Waals surface area contributed by atoms with Gasteiger partial charge >= 0.3 is 0 Å². The Morgan fingerprint density at radius 1 is 1.03 bits per heavy atom. The van der Waals surface area contributed by atoms with E-state index < -0.39 is 0 Å². The highest BCUT2D eigenvalue weighted by molar-refractivity contribution is 5.92. The molecule has 1 N–H and O–H groups in total. The first-order chi connectivity index (χ1) is 14.7. The van der Waals surface area contributed by atoms with Crippen molar-refractivity contribution in [1.29, 1.82) is 0 Å². The number of carbonyl (C=O) groups excluding carboxylic acids is 1. The lowest BCUT2D eigenvalue weighted by molar-refractivity contribution is -0.115. The Labute approximate surface area is 173 Å². The molecule has 0 saturated heterocycles. The summed E-state index contributed by atoms with van der Waals surface area (Å²) < 4.78 is 12.7. The van der Waals surface area contributed by atoms with Crippen molar-refractivity contribution in [3.8, 4) is 23.2 Å². The van der Waals surface area contributed by atoms with Crippen LogP contribution in [0.2, 0.25) is 0 Å². The van der Waals surface area contributed by atoms with Gasteiger partial charge in [-0.05, 0) is 42.0 Å². The van der Waals surface area contributed by atoms with E-state index in [1.807, 2.05) is 24.3 Å². The van der Waals surface area contributed by atoms with Gasteiger partial charge in [0.15, 0.2) is 0 Å². The summed E-state index contributed by atoms with van der Waals surface area (Å²) in [5.41, 5.74) is 1.59. The number of nitrogens with zero attached hydrogens (tertiary/aromatic N) is 4. The third kappa shape index (κ3) is 4.79. The minimum absolute atomic E-state index is 0.102. The van der Waals surface area contributed by atoms with E-state index in [1.54, 1.807) is 60.7 Å². The molecule has 150 valence electrons. The average molecular weight is 401 g/mol. The van der Waals surface area contributed by atoms with Crippen molar-refractivity contribution in [2.45, 2.75) is 6.42 Å². The van der Waals surface area contributed by atoms with Crippen molar-refractivity contribution in [2.75, 3.05) is 12.4 Å². The first-order valence-corrected chi connectivity index (χ1v) is 9.21. The van der Waals surface area contributed by atoms with E-state index in [9.17, 15) is 4.79 Å². The number of hydrogen-bond acceptors (Lipinski definition) is 6. The molecule has 30 heavy (non-hydrogen) atoms. The van der Waals surface area contributed by atoms with Gasteiger partial charge in [0, 0.05) is 24.1 Å². The average Bonchev–Trinajstić information content (AvgIpc) is 3.31. The van der Waals surface area contributed by atoms with Crippen LogP contribution in [0.15, 0.2) is 79.6 Å². The Hall–Kier alpha value is -4.20. The van der Waals surface area contributed by atoms with Crippen molar-refractivity contribution in [3.05, 3.63) is 85.2 Å². The number of hydrogen-bond donors (Lipinski definition) is 1. The summed E-state index contributed by atoms with van der Waals surface area (Å²) in [6.45, 7) is 0. The van der Waals surface area contributed by atoms with Gasteiger partial charge < -0.3 is 14.8 Å². The summed E-state index contributed by atoms with van der Waals surface area (Å²) in [5.74, 6) is 2.31. The Bertz CT molecular complexity index is 1110. The van der Waals surface area contributed by atoms with Gasteiger partial charge in [-0.2, -0.15) is 0 Å². The molecule has 0 spiro atoms. The number of aromatic nitrogens is 4. The normalized spacial score (nSPS) is 10.4. The zero-order valence-electron chi connectivity index (χ0n) is 16.2. The molecule has 0 unspecified atom stereocenters. The number of carbonyl (C=O) groups is 1. The Balaban J connectivity index is 1.36. The predicted molar refractivity (Wildman–Crippen MR) is 111 cm³/mol. The van der Waals surface area contributed by atoms with E-state index in [0.717, 1.165) is 11.3 Å². The summed E-state index contributed by atoms with van der Waals surface area (Å²) in [7, 11) is 1.61. The molecule has 0 aliphatic heterocycles. The standard InChI is InChI=1S/C22H19N5O3/c1-29-18-6-2-16(3-7-18)12-21(28)26-17-4-8-19(9-5-17)30-22-13-20(24-14-25-22)27-11-10-23-15-27/h2-11,13-15H,12H2,1H3,(H,26,28). The molecule has 8 heteroatoms. The molecule has 0 atom stereocenters. The molecule has 4 aromatic rings. The van der Waals surface area contributed by atoms with Gasteiger partial charge in [0.05, 0.1) is 13.5 Å². The highest BCUT2D eigenvalue weighted by Crippen LogP contribution is 2.22. The van der Waals surface area contributed by atoms with Gasteiger partial charge in [0.2, 0.25) is 11.8 Å². The van der Waals surface area contributed by atoms with Crippen LogP contribution in [0.1, 0.15) is 5.56 Å². The number of amides is 1. The maximum Gasteiger partial charge on any atom is 0.228 e. The molecule has 0 fully saturated rings. The molecule has 2 heterocycles. The molecule has 8 nitrogen and oxygen atoms in total. The Morgan fingerprint density at radius 3 is 2.50 bits per heavy atom. The summed E-state index contributed by atoms with van der Waals surface area (Å²) in [5, 5.41) is 2.88. The van der Waals surface area contributed by atoms with E-state index in [2.05, 4.69) is 20.3 Å². The number of imidazole rings is 1. The maximum atomic E-state index is 12.3. The third-order valence-corrected chi connectivity index (χ3v) is 4.28. The molecular formula is C22H19N5O3. The number of anilines is 1. The first kappa shape index (κ1) is 19.1. The molecule has 2 aromatic carbocycles. The zero-order chi connectivity index (χ0) is 20.8. The van der Waals surface area contributed by atoms with Gasteiger partial charge in [0.25, 0.3) is 0 Å². The van der Waals surface area contributed by atoms with Crippen LogP contribution in [-0.2, 0) is 11.2 Å². The fraction of sp³-hybridized carbons (Fsp3) is 0.0909. The second kappa shape index (κ2) is 8.87. The van der Waals surface area contributed by atoms with E-state index in [-0.39, 0.29) is 12.3 Å². The smallest absolute Gasteiger partial charge is 0.228 e. The van der Waals surface area contributed by atoms with Gasteiger partial charge in [-0.15, -0.1) is 0 Å². The molecule has 0 aliphatic rings. The summed E-state index contributed by atoms with van der Waals surface area (Å²) in [6, 6.07) is 16.2. The lowest BCUT2D eigenvalue weighted by Crippen LogP contribution is -2.14. The van der Waals surface area contributed by atoms with Crippen LogP contribution in [-0.4, -0.2) is 32.5 Å². The lowest BCUT2D eigenvalue weighted by Gasteiger charge is -2.09. The quantitative estimate of drug-likeness (QED) is 0.508. The summed E-state index contributed by atoms with van der Waals surface area (Å²) in [4.78, 5) is 24.6. The number of rotatable bonds is 7. The first-order valence-electron chi connectivity index (χ1n) is 9.21. The van der Waals surface area contributed by atoms with Crippen LogP contribution in [0.5, 0.6) is 17.4 Å². The van der Waals surface area contributed by atoms with Crippen LogP contribution >= 0.6 is 0 Å². The molecule has 0 radical (unpaired) electrons. The van der Waals surface area contributed by atoms with E-state index in [0.29, 0.717) is 23.1 Å². The van der Waals surface area contributed by atoms with Crippen molar-refractivity contribution in [3.63, 3.8) is 0 Å². The largest absolute Gasteiger partial charge is 0.497 e. The minimum Gasteiger partial charge on any atom is -0.497 e. The van der Waals surface area contributed by atoms with Gasteiger partial charge in [-0.1, -0.05) is 12.1 Å². The molecule has 0 aliphatic carbocycles. The molecular weight excluding hydrogens is 382 g/mol. The lowest BCUT2D eigenvalue weighted by atomic mass is 10.1. The second-order valence-corrected chi connectivity index (χ2v) is 6.38. The molecule has 0 saturated carbocycles. The van der Waals surface area contributed by atoms with Crippen molar-refractivity contribution in [1.82, 2.24) is 19.5 Å². The van der Waals surface area contributed by atoms with Crippen molar-refractivity contribution >= 4 is 11.6 Å². The Morgan fingerprint density at radius 2 is 1.80 bits per heavy atom. The van der Waals surface area contributed by atoms with Gasteiger partial charge in [-0.3, -0.25) is 9.36 Å². The predicted octanol–water partition coefficient (Wildman–Crippen LogP) is 3.64. The number of nitrogens with one attached hydrogen (secondary N) is 1. The number of ether oxygens (including phenoxy) is 2. The van der Waals surface area contributed by atoms with Crippen LogP contribution in [0.25, 0.3) is 5.82 Å². The van der Waals surface area contributed by atoms with Crippen LogP contribution in [0, 0.1) is 0 Å².